The van der Waals surface area contributed by atoms with Crippen LogP contribution in [-0.4, -0.2) is 11.0 Å². The van der Waals surface area contributed by atoms with Crippen LogP contribution in [0.1, 0.15) is 22.8 Å². The molecule has 1 amide bonds. The normalized spacial score (nSPS) is 9.50. The van der Waals surface area contributed by atoms with Crippen LogP contribution >= 0.6 is 24.6 Å². The maximum atomic E-state index is 12.0. The Morgan fingerprint density at radius 3 is 2.23 bits per heavy atom. The molecular weight excluding hydrogens is 318 g/mol. The van der Waals surface area contributed by atoms with E-state index in [9.17, 15) is 4.79 Å². The number of carbonyl (C=O) groups is 1. The zero-order valence-corrected chi connectivity index (χ0v) is 13.8. The van der Waals surface area contributed by atoms with Crippen molar-refractivity contribution in [3.63, 3.8) is 0 Å². The predicted octanol–water partition coefficient (Wildman–Crippen LogP) is 3.38. The molecule has 0 bridgehead atoms. The number of thiocarbonyl (C=S) groups is 1. The Morgan fingerprint density at radius 1 is 1.09 bits per heavy atom. The number of nitrogen functional groups attached to an aromatic ring is 1. The van der Waals surface area contributed by atoms with Gasteiger partial charge >= 0.3 is 0 Å². The number of aryl methyl sites for hydroxylation is 1. The van der Waals surface area contributed by atoms with Gasteiger partial charge in [-0.15, -0.1) is 12.4 Å². The average molecular weight is 336 g/mol. The molecule has 0 radical (unpaired) electrons. The third-order valence-electron chi connectivity index (χ3n) is 3.02. The van der Waals surface area contributed by atoms with Gasteiger partial charge in [0, 0.05) is 16.9 Å². The third-order valence-corrected chi connectivity index (χ3v) is 3.22. The fraction of sp³-hybridized carbons (Fsp3) is 0.125. The first-order valence-electron chi connectivity index (χ1n) is 6.65. The molecule has 0 aliphatic heterocycles. The van der Waals surface area contributed by atoms with Gasteiger partial charge in [0.15, 0.2) is 5.11 Å². The minimum absolute atomic E-state index is 0. The lowest BCUT2D eigenvalue weighted by molar-refractivity contribution is 0.0977. The minimum atomic E-state index is -0.231. The number of halogens is 1. The highest BCUT2D eigenvalue weighted by atomic mass is 35.5. The number of hydrogen-bond acceptors (Lipinski definition) is 3. The number of nitrogens with one attached hydrogen (secondary N) is 2. The van der Waals surface area contributed by atoms with Crippen molar-refractivity contribution < 1.29 is 4.79 Å². The number of amides is 1. The Balaban J connectivity index is 0.00000242. The lowest BCUT2D eigenvalue weighted by atomic mass is 10.1. The van der Waals surface area contributed by atoms with Crippen molar-refractivity contribution >= 4 is 47.0 Å². The van der Waals surface area contributed by atoms with Crippen LogP contribution in [0, 0.1) is 0 Å². The van der Waals surface area contributed by atoms with E-state index in [1.165, 1.54) is 5.56 Å². The topological polar surface area (TPSA) is 67.2 Å². The molecule has 0 fully saturated rings. The van der Waals surface area contributed by atoms with E-state index in [-0.39, 0.29) is 23.4 Å². The molecule has 2 aromatic rings. The number of hydrogen-bond donors (Lipinski definition) is 3. The molecule has 0 heterocycles. The molecule has 0 atom stereocenters. The summed E-state index contributed by atoms with van der Waals surface area (Å²) in [5.41, 5.74) is 8.82. The van der Waals surface area contributed by atoms with Crippen LogP contribution in [0.15, 0.2) is 48.5 Å². The van der Waals surface area contributed by atoms with Gasteiger partial charge in [-0.05, 0) is 60.6 Å². The number of rotatable bonds is 3. The first-order chi connectivity index (χ1) is 10.1. The van der Waals surface area contributed by atoms with Crippen LogP contribution in [0.4, 0.5) is 11.4 Å². The van der Waals surface area contributed by atoms with Crippen LogP contribution in [0.2, 0.25) is 0 Å². The largest absolute Gasteiger partial charge is 0.399 e. The highest BCUT2D eigenvalue weighted by Crippen LogP contribution is 2.10. The number of carbonyl (C=O) groups excluding carboxylic acids is 1. The molecule has 2 rings (SSSR count). The number of benzene rings is 2. The molecule has 0 spiro atoms. The van der Waals surface area contributed by atoms with E-state index in [0.29, 0.717) is 11.3 Å². The zero-order valence-electron chi connectivity index (χ0n) is 12.1. The van der Waals surface area contributed by atoms with Crippen molar-refractivity contribution in [3.8, 4) is 0 Å². The summed E-state index contributed by atoms with van der Waals surface area (Å²) in [5, 5.41) is 5.84. The Bertz CT molecular complexity index is 641. The van der Waals surface area contributed by atoms with E-state index in [2.05, 4.69) is 17.6 Å². The average Bonchev–Trinajstić information content (AvgIpc) is 2.49. The second kappa shape index (κ2) is 8.36. The zero-order chi connectivity index (χ0) is 15.2. The van der Waals surface area contributed by atoms with Crippen molar-refractivity contribution in [1.82, 2.24) is 5.32 Å². The van der Waals surface area contributed by atoms with Crippen LogP contribution in [0.25, 0.3) is 0 Å². The van der Waals surface area contributed by atoms with E-state index in [4.69, 9.17) is 18.0 Å². The molecule has 0 aliphatic carbocycles. The second-order valence-electron chi connectivity index (χ2n) is 4.58. The first-order valence-corrected chi connectivity index (χ1v) is 7.06. The van der Waals surface area contributed by atoms with Gasteiger partial charge in [-0.25, -0.2) is 0 Å². The van der Waals surface area contributed by atoms with Gasteiger partial charge in [-0.2, -0.15) is 0 Å². The Labute approximate surface area is 141 Å². The molecule has 0 saturated carbocycles. The van der Waals surface area contributed by atoms with Gasteiger partial charge in [0.1, 0.15) is 0 Å². The smallest absolute Gasteiger partial charge is 0.257 e. The van der Waals surface area contributed by atoms with E-state index in [0.717, 1.165) is 12.1 Å². The van der Waals surface area contributed by atoms with Gasteiger partial charge in [0.2, 0.25) is 0 Å². The second-order valence-corrected chi connectivity index (χ2v) is 4.99. The summed E-state index contributed by atoms with van der Waals surface area (Å²) in [5.74, 6) is -0.231. The summed E-state index contributed by atoms with van der Waals surface area (Å²) in [6, 6.07) is 14.6. The maximum Gasteiger partial charge on any atom is 0.257 e. The lowest BCUT2D eigenvalue weighted by Gasteiger charge is -2.10. The highest BCUT2D eigenvalue weighted by molar-refractivity contribution is 7.80. The van der Waals surface area contributed by atoms with E-state index < -0.39 is 0 Å². The van der Waals surface area contributed by atoms with Crippen molar-refractivity contribution in [2.24, 2.45) is 0 Å². The lowest BCUT2D eigenvalue weighted by Crippen LogP contribution is -2.34. The van der Waals surface area contributed by atoms with Gasteiger partial charge in [-0.1, -0.05) is 19.1 Å². The van der Waals surface area contributed by atoms with E-state index in [1.807, 2.05) is 12.1 Å². The van der Waals surface area contributed by atoms with Gasteiger partial charge < -0.3 is 11.1 Å². The molecule has 4 N–H and O–H groups in total. The van der Waals surface area contributed by atoms with Gasteiger partial charge in [0.25, 0.3) is 5.91 Å². The van der Waals surface area contributed by atoms with Gasteiger partial charge in [0.05, 0.1) is 0 Å². The minimum Gasteiger partial charge on any atom is -0.399 e. The molecule has 116 valence electrons. The monoisotopic (exact) mass is 335 g/mol. The van der Waals surface area contributed by atoms with Gasteiger partial charge in [-0.3, -0.25) is 10.1 Å². The van der Waals surface area contributed by atoms with E-state index in [1.54, 1.807) is 36.4 Å². The molecule has 22 heavy (non-hydrogen) atoms. The molecule has 0 aliphatic rings. The SMILES string of the molecule is CCc1ccc(C(=O)NC(=S)Nc2ccc(N)cc2)cc1.Cl. The summed E-state index contributed by atoms with van der Waals surface area (Å²) in [4.78, 5) is 12.0. The summed E-state index contributed by atoms with van der Waals surface area (Å²) >= 11 is 5.12. The number of anilines is 2. The molecule has 2 aromatic carbocycles. The van der Waals surface area contributed by atoms with Crippen LogP contribution in [0.5, 0.6) is 0 Å². The fourth-order valence-corrected chi connectivity index (χ4v) is 2.01. The summed E-state index contributed by atoms with van der Waals surface area (Å²) < 4.78 is 0. The fourth-order valence-electron chi connectivity index (χ4n) is 1.80. The van der Waals surface area contributed by atoms with Crippen molar-refractivity contribution in [2.45, 2.75) is 13.3 Å². The maximum absolute atomic E-state index is 12.0. The molecule has 0 unspecified atom stereocenters. The summed E-state index contributed by atoms with van der Waals surface area (Å²) in [7, 11) is 0. The van der Waals surface area contributed by atoms with Crippen molar-refractivity contribution in [1.29, 1.82) is 0 Å². The molecule has 0 saturated heterocycles. The standard InChI is InChI=1S/C16H17N3OS.ClH/c1-2-11-3-5-12(6-4-11)15(20)19-16(21)18-14-9-7-13(17)8-10-14;/h3-10H,2,17H2,1H3,(H2,18,19,20,21);1H. The molecule has 4 nitrogen and oxygen atoms in total. The summed E-state index contributed by atoms with van der Waals surface area (Å²) in [6.07, 6.45) is 0.943. The molecule has 0 aromatic heterocycles. The van der Waals surface area contributed by atoms with Crippen LogP contribution in [0.3, 0.4) is 0 Å². The third kappa shape index (κ3) is 5.02. The summed E-state index contributed by atoms with van der Waals surface area (Å²) in [6.45, 7) is 2.07. The molecular formula is C16H18ClN3OS. The molecule has 6 heteroatoms. The first kappa shape index (κ1) is 17.9. The van der Waals surface area contributed by atoms with E-state index >= 15 is 0 Å². The Morgan fingerprint density at radius 2 is 1.68 bits per heavy atom. The Hall–Kier alpha value is -2.11. The quantitative estimate of drug-likeness (QED) is 0.594. The van der Waals surface area contributed by atoms with Crippen molar-refractivity contribution in [3.05, 3.63) is 59.7 Å². The Kier molecular flexibility index (Phi) is 6.82. The van der Waals surface area contributed by atoms with Crippen LogP contribution < -0.4 is 16.4 Å². The van der Waals surface area contributed by atoms with Crippen LogP contribution in [-0.2, 0) is 6.42 Å². The predicted molar refractivity (Wildman–Crippen MR) is 97.6 cm³/mol. The highest BCUT2D eigenvalue weighted by Gasteiger charge is 2.07. The van der Waals surface area contributed by atoms with Crippen molar-refractivity contribution in [2.75, 3.05) is 11.1 Å². The number of nitrogens with two attached hydrogens (primary N) is 1.